The number of nitrogens with zero attached hydrogens (tertiary/aromatic N) is 1. The molecule has 0 saturated heterocycles. The summed E-state index contributed by atoms with van der Waals surface area (Å²) in [6.45, 7) is 5.28. The summed E-state index contributed by atoms with van der Waals surface area (Å²) in [6.07, 6.45) is 0.906. The van der Waals surface area contributed by atoms with E-state index in [0.29, 0.717) is 16.7 Å². The van der Waals surface area contributed by atoms with Gasteiger partial charge in [0, 0.05) is 5.39 Å². The molecule has 1 heterocycles. The standard InChI is InChI=1S/C15H17NO5/c1-15(2,3)21-14(19)16-8-12(20-4)10-6-5-9(13(17)18)7-11(10)16/h5-8H,1-4H3,(H,17,18). The van der Waals surface area contributed by atoms with Crippen molar-refractivity contribution in [2.24, 2.45) is 0 Å². The van der Waals surface area contributed by atoms with Gasteiger partial charge in [-0.3, -0.25) is 0 Å². The average Bonchev–Trinajstić information content (AvgIpc) is 2.74. The van der Waals surface area contributed by atoms with E-state index in [1.54, 1.807) is 26.8 Å². The summed E-state index contributed by atoms with van der Waals surface area (Å²) in [4.78, 5) is 23.3. The number of hydrogen-bond donors (Lipinski definition) is 1. The highest BCUT2D eigenvalue weighted by Crippen LogP contribution is 2.29. The molecule has 0 aliphatic carbocycles. The molecular formula is C15H17NO5. The minimum atomic E-state index is -1.06. The van der Waals surface area contributed by atoms with Crippen LogP contribution in [-0.4, -0.2) is 34.4 Å². The molecule has 0 aliphatic rings. The monoisotopic (exact) mass is 291 g/mol. The first-order valence-corrected chi connectivity index (χ1v) is 6.38. The Hall–Kier alpha value is -2.50. The highest BCUT2D eigenvalue weighted by molar-refractivity contribution is 5.99. The fraction of sp³-hybridized carbons (Fsp3) is 0.333. The van der Waals surface area contributed by atoms with Gasteiger partial charge < -0.3 is 14.6 Å². The molecule has 2 aromatic rings. The van der Waals surface area contributed by atoms with Crippen LogP contribution < -0.4 is 4.74 Å². The number of rotatable bonds is 2. The number of aromatic nitrogens is 1. The van der Waals surface area contributed by atoms with E-state index in [0.717, 1.165) is 0 Å². The summed E-state index contributed by atoms with van der Waals surface area (Å²) in [7, 11) is 1.49. The van der Waals surface area contributed by atoms with Crippen LogP contribution in [0.5, 0.6) is 5.75 Å². The van der Waals surface area contributed by atoms with E-state index in [4.69, 9.17) is 14.6 Å². The Kier molecular flexibility index (Phi) is 3.63. The smallest absolute Gasteiger partial charge is 0.419 e. The van der Waals surface area contributed by atoms with E-state index in [1.807, 2.05) is 0 Å². The molecule has 1 aromatic heterocycles. The van der Waals surface area contributed by atoms with Gasteiger partial charge in [-0.25, -0.2) is 14.2 Å². The van der Waals surface area contributed by atoms with Gasteiger partial charge in [0.15, 0.2) is 0 Å². The lowest BCUT2D eigenvalue weighted by molar-refractivity contribution is 0.0542. The first-order chi connectivity index (χ1) is 9.73. The minimum Gasteiger partial charge on any atom is -0.494 e. The Labute approximate surface area is 121 Å². The Morgan fingerprint density at radius 3 is 2.43 bits per heavy atom. The SMILES string of the molecule is COc1cn(C(=O)OC(C)(C)C)c2cc(C(=O)O)ccc12. The first kappa shape index (κ1) is 14.9. The predicted octanol–water partition coefficient (Wildman–Crippen LogP) is 3.13. The fourth-order valence-electron chi connectivity index (χ4n) is 1.95. The van der Waals surface area contributed by atoms with Crippen molar-refractivity contribution in [1.82, 2.24) is 4.57 Å². The summed E-state index contributed by atoms with van der Waals surface area (Å²) >= 11 is 0. The van der Waals surface area contributed by atoms with Crippen LogP contribution in [0.25, 0.3) is 10.9 Å². The summed E-state index contributed by atoms with van der Waals surface area (Å²) in [6, 6.07) is 4.50. The van der Waals surface area contributed by atoms with Crippen LogP contribution in [0, 0.1) is 0 Å². The zero-order valence-corrected chi connectivity index (χ0v) is 12.3. The van der Waals surface area contributed by atoms with Crippen molar-refractivity contribution in [3.8, 4) is 5.75 Å². The van der Waals surface area contributed by atoms with Crippen molar-refractivity contribution in [3.63, 3.8) is 0 Å². The van der Waals surface area contributed by atoms with Gasteiger partial charge >= 0.3 is 12.1 Å². The van der Waals surface area contributed by atoms with E-state index in [9.17, 15) is 9.59 Å². The molecule has 1 aromatic carbocycles. The van der Waals surface area contributed by atoms with E-state index < -0.39 is 17.7 Å². The second-order valence-corrected chi connectivity index (χ2v) is 5.58. The first-order valence-electron chi connectivity index (χ1n) is 6.38. The van der Waals surface area contributed by atoms with Crippen molar-refractivity contribution in [1.29, 1.82) is 0 Å². The highest BCUT2D eigenvalue weighted by atomic mass is 16.6. The summed E-state index contributed by atoms with van der Waals surface area (Å²) in [5.41, 5.74) is -0.125. The number of ether oxygens (including phenoxy) is 2. The number of carboxylic acids is 1. The molecule has 1 N–H and O–H groups in total. The van der Waals surface area contributed by atoms with Gasteiger partial charge in [0.05, 0.1) is 24.4 Å². The second-order valence-electron chi connectivity index (χ2n) is 5.58. The lowest BCUT2D eigenvalue weighted by atomic mass is 10.1. The Balaban J connectivity index is 2.59. The topological polar surface area (TPSA) is 77.8 Å². The minimum absolute atomic E-state index is 0.0908. The number of benzene rings is 1. The fourth-order valence-corrected chi connectivity index (χ4v) is 1.95. The zero-order chi connectivity index (χ0) is 15.8. The van der Waals surface area contributed by atoms with Gasteiger partial charge in [-0.15, -0.1) is 0 Å². The maximum Gasteiger partial charge on any atom is 0.419 e. The third-order valence-electron chi connectivity index (χ3n) is 2.83. The zero-order valence-electron chi connectivity index (χ0n) is 12.3. The van der Waals surface area contributed by atoms with Crippen LogP contribution >= 0.6 is 0 Å². The quantitative estimate of drug-likeness (QED) is 0.919. The highest BCUT2D eigenvalue weighted by Gasteiger charge is 2.21. The van der Waals surface area contributed by atoms with Gasteiger partial charge in [-0.2, -0.15) is 0 Å². The summed E-state index contributed by atoms with van der Waals surface area (Å²) < 4.78 is 11.8. The molecule has 0 spiro atoms. The molecule has 0 aliphatic heterocycles. The van der Waals surface area contributed by atoms with Crippen LogP contribution in [-0.2, 0) is 4.74 Å². The van der Waals surface area contributed by atoms with Crippen LogP contribution in [0.1, 0.15) is 31.1 Å². The van der Waals surface area contributed by atoms with Crippen molar-refractivity contribution < 1.29 is 24.2 Å². The number of fused-ring (bicyclic) bond motifs is 1. The number of methoxy groups -OCH3 is 1. The lowest BCUT2D eigenvalue weighted by Gasteiger charge is -2.19. The number of carboxylic acid groups (broad SMARTS) is 1. The molecule has 0 fully saturated rings. The third-order valence-corrected chi connectivity index (χ3v) is 2.83. The number of hydrogen-bond acceptors (Lipinski definition) is 4. The van der Waals surface area contributed by atoms with Crippen molar-refractivity contribution >= 4 is 23.0 Å². The molecule has 2 rings (SSSR count). The average molecular weight is 291 g/mol. The van der Waals surface area contributed by atoms with Crippen molar-refractivity contribution in [2.45, 2.75) is 26.4 Å². The van der Waals surface area contributed by atoms with E-state index in [2.05, 4.69) is 0 Å². The van der Waals surface area contributed by atoms with Crippen LogP contribution in [0.15, 0.2) is 24.4 Å². The van der Waals surface area contributed by atoms with E-state index in [1.165, 1.54) is 30.0 Å². The molecule has 6 heteroatoms. The number of carbonyl (C=O) groups is 2. The van der Waals surface area contributed by atoms with Crippen LogP contribution in [0.2, 0.25) is 0 Å². The molecule has 0 amide bonds. The molecular weight excluding hydrogens is 274 g/mol. The summed E-state index contributed by atoms with van der Waals surface area (Å²) in [5, 5.41) is 9.71. The molecule has 0 unspecified atom stereocenters. The summed E-state index contributed by atoms with van der Waals surface area (Å²) in [5.74, 6) is -0.583. The Bertz CT molecular complexity index is 709. The molecule has 0 saturated carbocycles. The Morgan fingerprint density at radius 2 is 1.90 bits per heavy atom. The normalized spacial score (nSPS) is 11.4. The molecule has 0 bridgehead atoms. The third kappa shape index (κ3) is 2.99. The molecule has 0 atom stereocenters. The molecule has 112 valence electrons. The predicted molar refractivity (Wildman–Crippen MR) is 77.1 cm³/mol. The van der Waals surface area contributed by atoms with Crippen LogP contribution in [0.4, 0.5) is 4.79 Å². The van der Waals surface area contributed by atoms with E-state index >= 15 is 0 Å². The largest absolute Gasteiger partial charge is 0.494 e. The number of aromatic carboxylic acids is 1. The van der Waals surface area contributed by atoms with Crippen molar-refractivity contribution in [2.75, 3.05) is 7.11 Å². The van der Waals surface area contributed by atoms with Gasteiger partial charge in [-0.05, 0) is 39.0 Å². The van der Waals surface area contributed by atoms with Gasteiger partial charge in [-0.1, -0.05) is 0 Å². The van der Waals surface area contributed by atoms with Crippen molar-refractivity contribution in [3.05, 3.63) is 30.0 Å². The van der Waals surface area contributed by atoms with Crippen LogP contribution in [0.3, 0.4) is 0 Å². The molecule has 21 heavy (non-hydrogen) atoms. The van der Waals surface area contributed by atoms with Gasteiger partial charge in [0.25, 0.3) is 0 Å². The Morgan fingerprint density at radius 1 is 1.24 bits per heavy atom. The van der Waals surface area contributed by atoms with Gasteiger partial charge in [0.1, 0.15) is 11.4 Å². The maximum absolute atomic E-state index is 12.2. The van der Waals surface area contributed by atoms with E-state index in [-0.39, 0.29) is 5.56 Å². The number of carbonyl (C=O) groups excluding carboxylic acids is 1. The lowest BCUT2D eigenvalue weighted by Crippen LogP contribution is -2.26. The molecule has 6 nitrogen and oxygen atoms in total. The molecule has 0 radical (unpaired) electrons. The second kappa shape index (κ2) is 5.12. The van der Waals surface area contributed by atoms with Gasteiger partial charge in [0.2, 0.25) is 0 Å². The maximum atomic E-state index is 12.2.